The molecule has 2 aromatic carbocycles. The van der Waals surface area contributed by atoms with E-state index in [0.29, 0.717) is 17.0 Å². The van der Waals surface area contributed by atoms with E-state index < -0.39 is 11.9 Å². The standard InChI is InChI=1S/C26H25NO4/c1-4-30-25(28)22-18(3)27-24(20-14-10-7-11-15-20)23(26(29)31-5-2)21(22)17-16-19-12-8-6-9-13-19/h6-17H,4-5H2,1-3H3/b17-16+. The van der Waals surface area contributed by atoms with Gasteiger partial charge in [0.05, 0.1) is 35.7 Å². The second kappa shape index (κ2) is 10.3. The summed E-state index contributed by atoms with van der Waals surface area (Å²) in [5.41, 5.74) is 3.59. The van der Waals surface area contributed by atoms with E-state index in [1.165, 1.54) is 0 Å². The van der Waals surface area contributed by atoms with Crippen molar-refractivity contribution in [3.63, 3.8) is 0 Å². The van der Waals surface area contributed by atoms with E-state index in [-0.39, 0.29) is 24.3 Å². The molecule has 0 atom stereocenters. The maximum atomic E-state index is 13.1. The van der Waals surface area contributed by atoms with Crippen LogP contribution in [0.25, 0.3) is 23.4 Å². The van der Waals surface area contributed by atoms with Gasteiger partial charge >= 0.3 is 11.9 Å². The molecule has 5 nitrogen and oxygen atoms in total. The number of rotatable bonds is 7. The van der Waals surface area contributed by atoms with Gasteiger partial charge in [0.25, 0.3) is 0 Å². The summed E-state index contributed by atoms with van der Waals surface area (Å²) in [5.74, 6) is -1.06. The van der Waals surface area contributed by atoms with Crippen molar-refractivity contribution >= 4 is 24.1 Å². The number of carbonyl (C=O) groups is 2. The third kappa shape index (κ3) is 5.07. The van der Waals surface area contributed by atoms with Gasteiger partial charge in [-0.05, 0) is 26.3 Å². The van der Waals surface area contributed by atoms with Crippen LogP contribution in [0.1, 0.15) is 51.4 Å². The first kappa shape index (κ1) is 22.0. The second-order valence-corrected chi connectivity index (χ2v) is 6.76. The van der Waals surface area contributed by atoms with Gasteiger partial charge in [0.15, 0.2) is 0 Å². The Morgan fingerprint density at radius 3 is 1.94 bits per heavy atom. The van der Waals surface area contributed by atoms with Gasteiger partial charge in [-0.15, -0.1) is 0 Å². The van der Waals surface area contributed by atoms with E-state index in [9.17, 15) is 9.59 Å². The lowest BCUT2D eigenvalue weighted by atomic mass is 9.94. The minimum atomic E-state index is -0.535. The van der Waals surface area contributed by atoms with Gasteiger partial charge in [-0.2, -0.15) is 0 Å². The van der Waals surface area contributed by atoms with Crippen molar-refractivity contribution in [2.45, 2.75) is 20.8 Å². The number of nitrogens with zero attached hydrogens (tertiary/aromatic N) is 1. The molecule has 0 amide bonds. The van der Waals surface area contributed by atoms with Crippen LogP contribution in [-0.4, -0.2) is 30.1 Å². The van der Waals surface area contributed by atoms with E-state index in [2.05, 4.69) is 4.98 Å². The number of aromatic nitrogens is 1. The highest BCUT2D eigenvalue weighted by Crippen LogP contribution is 2.31. The van der Waals surface area contributed by atoms with E-state index >= 15 is 0 Å². The largest absolute Gasteiger partial charge is 0.462 e. The fraction of sp³-hybridized carbons (Fsp3) is 0.192. The molecule has 3 rings (SSSR count). The molecule has 1 heterocycles. The van der Waals surface area contributed by atoms with Crippen LogP contribution in [0.2, 0.25) is 0 Å². The molecule has 0 aliphatic carbocycles. The van der Waals surface area contributed by atoms with E-state index in [4.69, 9.17) is 9.47 Å². The summed E-state index contributed by atoms with van der Waals surface area (Å²) in [7, 11) is 0. The number of aryl methyl sites for hydroxylation is 1. The maximum absolute atomic E-state index is 13.1. The average molecular weight is 415 g/mol. The first-order valence-corrected chi connectivity index (χ1v) is 10.2. The number of carbonyl (C=O) groups excluding carboxylic acids is 2. The summed E-state index contributed by atoms with van der Waals surface area (Å²) in [6.45, 7) is 5.65. The summed E-state index contributed by atoms with van der Waals surface area (Å²) in [6.07, 6.45) is 3.62. The van der Waals surface area contributed by atoms with Crippen LogP contribution in [0.5, 0.6) is 0 Å². The predicted octanol–water partition coefficient (Wildman–Crippen LogP) is 5.58. The van der Waals surface area contributed by atoms with Gasteiger partial charge in [-0.3, -0.25) is 4.98 Å². The van der Waals surface area contributed by atoms with E-state index in [0.717, 1.165) is 11.1 Å². The molecular weight excluding hydrogens is 390 g/mol. The highest BCUT2D eigenvalue weighted by atomic mass is 16.5. The lowest BCUT2D eigenvalue weighted by Crippen LogP contribution is -2.17. The number of esters is 2. The van der Waals surface area contributed by atoms with E-state index in [1.54, 1.807) is 26.8 Å². The minimum absolute atomic E-state index is 0.206. The molecule has 0 spiro atoms. The zero-order valence-electron chi connectivity index (χ0n) is 17.9. The second-order valence-electron chi connectivity index (χ2n) is 6.76. The summed E-state index contributed by atoms with van der Waals surface area (Å²) in [4.78, 5) is 30.5. The maximum Gasteiger partial charge on any atom is 0.340 e. The van der Waals surface area contributed by atoms with Gasteiger partial charge in [0.1, 0.15) is 0 Å². The van der Waals surface area contributed by atoms with Crippen molar-refractivity contribution in [1.29, 1.82) is 0 Å². The highest BCUT2D eigenvalue weighted by molar-refractivity contribution is 6.06. The molecular formula is C26H25NO4. The Morgan fingerprint density at radius 2 is 1.35 bits per heavy atom. The molecule has 0 radical (unpaired) electrons. The Morgan fingerprint density at radius 1 is 0.806 bits per heavy atom. The third-order valence-corrected chi connectivity index (χ3v) is 4.67. The molecule has 3 aromatic rings. The Kier molecular flexibility index (Phi) is 7.33. The molecule has 0 saturated carbocycles. The molecule has 0 bridgehead atoms. The van der Waals surface area contributed by atoms with Crippen molar-refractivity contribution in [2.24, 2.45) is 0 Å². The number of hydrogen-bond acceptors (Lipinski definition) is 5. The molecule has 0 saturated heterocycles. The van der Waals surface area contributed by atoms with Crippen LogP contribution < -0.4 is 0 Å². The number of ether oxygens (including phenoxy) is 2. The normalized spacial score (nSPS) is 10.8. The zero-order chi connectivity index (χ0) is 22.2. The average Bonchev–Trinajstić information content (AvgIpc) is 2.78. The van der Waals surface area contributed by atoms with Crippen LogP contribution in [0.4, 0.5) is 0 Å². The van der Waals surface area contributed by atoms with Crippen molar-refractivity contribution < 1.29 is 19.1 Å². The molecule has 0 aliphatic heterocycles. The number of hydrogen-bond donors (Lipinski definition) is 0. The number of pyridine rings is 1. The summed E-state index contributed by atoms with van der Waals surface area (Å²) < 4.78 is 10.6. The Labute approximate surface area is 182 Å². The summed E-state index contributed by atoms with van der Waals surface area (Å²) >= 11 is 0. The topological polar surface area (TPSA) is 65.5 Å². The van der Waals surface area contributed by atoms with Crippen LogP contribution in [0.3, 0.4) is 0 Å². The molecule has 0 unspecified atom stereocenters. The van der Waals surface area contributed by atoms with Crippen LogP contribution in [0.15, 0.2) is 60.7 Å². The molecule has 158 valence electrons. The van der Waals surface area contributed by atoms with Gasteiger partial charge < -0.3 is 9.47 Å². The van der Waals surface area contributed by atoms with Crippen molar-refractivity contribution in [1.82, 2.24) is 4.98 Å². The smallest absolute Gasteiger partial charge is 0.340 e. The zero-order valence-corrected chi connectivity index (χ0v) is 17.9. The van der Waals surface area contributed by atoms with Gasteiger partial charge in [0.2, 0.25) is 0 Å². The van der Waals surface area contributed by atoms with Gasteiger partial charge in [-0.1, -0.05) is 72.8 Å². The van der Waals surface area contributed by atoms with Crippen molar-refractivity contribution in [3.8, 4) is 11.3 Å². The third-order valence-electron chi connectivity index (χ3n) is 4.67. The van der Waals surface area contributed by atoms with E-state index in [1.807, 2.05) is 66.7 Å². The molecule has 5 heteroatoms. The minimum Gasteiger partial charge on any atom is -0.462 e. The molecule has 31 heavy (non-hydrogen) atoms. The lowest BCUT2D eigenvalue weighted by molar-refractivity contribution is 0.0523. The number of benzene rings is 2. The SMILES string of the molecule is CCOC(=O)c1c(C)nc(-c2ccccc2)c(C(=O)OCC)c1/C=C/c1ccccc1. The monoisotopic (exact) mass is 415 g/mol. The summed E-state index contributed by atoms with van der Waals surface area (Å²) in [6, 6.07) is 19.0. The van der Waals surface area contributed by atoms with Gasteiger partial charge in [-0.25, -0.2) is 9.59 Å². The lowest BCUT2D eigenvalue weighted by Gasteiger charge is -2.17. The molecule has 0 aliphatic rings. The predicted molar refractivity (Wildman–Crippen MR) is 122 cm³/mol. The molecule has 1 aromatic heterocycles. The van der Waals surface area contributed by atoms with Crippen LogP contribution in [0, 0.1) is 6.92 Å². The first-order valence-electron chi connectivity index (χ1n) is 10.2. The molecule has 0 N–H and O–H groups in total. The van der Waals surface area contributed by atoms with Crippen molar-refractivity contribution in [2.75, 3.05) is 13.2 Å². The fourth-order valence-corrected chi connectivity index (χ4v) is 3.31. The quantitative estimate of drug-likeness (QED) is 0.471. The van der Waals surface area contributed by atoms with Crippen LogP contribution >= 0.6 is 0 Å². The Hall–Kier alpha value is -3.73. The Balaban J connectivity index is 2.32. The Bertz CT molecular complexity index is 1090. The first-order chi connectivity index (χ1) is 15.1. The van der Waals surface area contributed by atoms with Crippen molar-refractivity contribution in [3.05, 3.63) is 88.6 Å². The van der Waals surface area contributed by atoms with Gasteiger partial charge in [0, 0.05) is 11.1 Å². The molecule has 0 fully saturated rings. The fourth-order valence-electron chi connectivity index (χ4n) is 3.31. The summed E-state index contributed by atoms with van der Waals surface area (Å²) in [5, 5.41) is 0. The highest BCUT2D eigenvalue weighted by Gasteiger charge is 2.27. The van der Waals surface area contributed by atoms with Crippen LogP contribution in [-0.2, 0) is 9.47 Å².